The number of amides is 1. The number of carbonyl (C=O) groups excluding carboxylic acids is 1. The van der Waals surface area contributed by atoms with Crippen LogP contribution in [-0.2, 0) is 0 Å². The molecule has 1 aromatic carbocycles. The Morgan fingerprint density at radius 3 is 2.38 bits per heavy atom. The number of carbonyl (C=O) groups is 1. The highest BCUT2D eigenvalue weighted by Gasteiger charge is 2.33. The van der Waals surface area contributed by atoms with Crippen molar-refractivity contribution in [2.75, 3.05) is 0 Å². The van der Waals surface area contributed by atoms with Gasteiger partial charge in [0, 0.05) is 43.0 Å². The highest BCUT2D eigenvalue weighted by Crippen LogP contribution is 2.38. The summed E-state index contributed by atoms with van der Waals surface area (Å²) in [6.45, 7) is 5.60. The number of para-hydroxylation sites is 1. The van der Waals surface area contributed by atoms with Crippen LogP contribution in [0, 0.1) is 25.0 Å². The molecule has 2 N–H and O–H groups in total. The lowest BCUT2D eigenvalue weighted by Gasteiger charge is -2.33. The van der Waals surface area contributed by atoms with Gasteiger partial charge >= 0.3 is 6.36 Å². The van der Waals surface area contributed by atoms with Crippen molar-refractivity contribution in [3.63, 3.8) is 0 Å². The Kier molecular flexibility index (Phi) is 7.83. The van der Waals surface area contributed by atoms with E-state index in [1.54, 1.807) is 12.1 Å². The molecule has 3 aromatic rings. The second-order valence-electron chi connectivity index (χ2n) is 9.80. The Balaban J connectivity index is 1.45. The third-order valence-electron chi connectivity index (χ3n) is 7.17. The maximum atomic E-state index is 13.3. The van der Waals surface area contributed by atoms with E-state index in [1.807, 2.05) is 32.9 Å². The van der Waals surface area contributed by atoms with Crippen molar-refractivity contribution < 1.29 is 27.4 Å². The molecule has 1 aliphatic carbocycles. The molecular weight excluding hydrogens is 502 g/mol. The number of nitrogens with one attached hydrogen (secondary N) is 2. The van der Waals surface area contributed by atoms with Gasteiger partial charge in [0.25, 0.3) is 5.91 Å². The third-order valence-corrected chi connectivity index (χ3v) is 7.48. The summed E-state index contributed by atoms with van der Waals surface area (Å²) in [6.07, 6.45) is -1.09. The largest absolute Gasteiger partial charge is 0.618 e. The molecule has 1 saturated carbocycles. The molecule has 4 rings (SSSR count). The minimum absolute atomic E-state index is 0.117. The van der Waals surface area contributed by atoms with Crippen molar-refractivity contribution in [3.8, 4) is 17.0 Å². The number of aromatic amines is 1. The van der Waals surface area contributed by atoms with E-state index in [-0.39, 0.29) is 40.4 Å². The van der Waals surface area contributed by atoms with E-state index in [1.165, 1.54) is 23.8 Å². The van der Waals surface area contributed by atoms with Gasteiger partial charge in [-0.2, -0.15) is 4.73 Å². The van der Waals surface area contributed by atoms with Crippen LogP contribution < -0.4 is 20.2 Å². The van der Waals surface area contributed by atoms with E-state index in [2.05, 4.69) is 24.3 Å². The van der Waals surface area contributed by atoms with Crippen molar-refractivity contribution in [2.24, 2.45) is 5.92 Å². The molecule has 1 amide bonds. The second kappa shape index (κ2) is 10.7. The van der Waals surface area contributed by atoms with Gasteiger partial charge in [0.05, 0.1) is 11.3 Å². The number of ether oxygens (including phenoxy) is 1. The minimum atomic E-state index is -4.85. The molecule has 0 aliphatic heterocycles. The molecular formula is C27H31F3N3O3P. The van der Waals surface area contributed by atoms with E-state index in [0.717, 1.165) is 30.4 Å². The van der Waals surface area contributed by atoms with Gasteiger partial charge in [0.15, 0.2) is 11.4 Å². The Labute approximate surface area is 216 Å². The SMILES string of the molecule is Cc1cc(C2CCC(C(C)NC(=O)c3cc(P)[nH]c3-c3ccccc3OC(F)(F)F)CC2)cc(C)[n+]1[O-]. The highest BCUT2D eigenvalue weighted by molar-refractivity contribution is 7.27. The Morgan fingerprint density at radius 1 is 1.14 bits per heavy atom. The number of rotatable bonds is 6. The van der Waals surface area contributed by atoms with E-state index in [4.69, 9.17) is 0 Å². The zero-order chi connectivity index (χ0) is 26.9. The summed E-state index contributed by atoms with van der Waals surface area (Å²) in [5.74, 6) is -0.0880. The Hall–Kier alpha value is -3.06. The number of halogens is 3. The quantitative estimate of drug-likeness (QED) is 0.252. The predicted molar refractivity (Wildman–Crippen MR) is 139 cm³/mol. The van der Waals surface area contributed by atoms with E-state index < -0.39 is 6.36 Å². The lowest BCUT2D eigenvalue weighted by atomic mass is 9.76. The first-order valence-corrected chi connectivity index (χ1v) is 12.9. The summed E-state index contributed by atoms with van der Waals surface area (Å²) in [5.41, 5.74) is 3.81. The zero-order valence-electron chi connectivity index (χ0n) is 21.0. The van der Waals surface area contributed by atoms with Crippen molar-refractivity contribution in [3.05, 3.63) is 70.2 Å². The molecule has 0 spiro atoms. The molecule has 2 aromatic heterocycles. The van der Waals surface area contributed by atoms with Gasteiger partial charge in [-0.05, 0) is 68.2 Å². The summed E-state index contributed by atoms with van der Waals surface area (Å²) in [5, 5.41) is 15.0. The normalized spacial score (nSPS) is 18.9. The first kappa shape index (κ1) is 27.0. The number of nitrogens with zero attached hydrogens (tertiary/aromatic N) is 1. The molecule has 0 saturated heterocycles. The first-order chi connectivity index (χ1) is 17.4. The topological polar surface area (TPSA) is 81.1 Å². The minimum Gasteiger partial charge on any atom is -0.618 e. The molecule has 2 atom stereocenters. The van der Waals surface area contributed by atoms with Gasteiger partial charge in [-0.1, -0.05) is 21.4 Å². The molecule has 10 heteroatoms. The van der Waals surface area contributed by atoms with E-state index in [0.29, 0.717) is 22.7 Å². The smallest absolute Gasteiger partial charge is 0.573 e. The first-order valence-electron chi connectivity index (χ1n) is 12.3. The van der Waals surface area contributed by atoms with Crippen LogP contribution in [0.5, 0.6) is 5.75 Å². The number of aromatic nitrogens is 2. The fraction of sp³-hybridized carbons (Fsp3) is 0.407. The fourth-order valence-corrected chi connectivity index (χ4v) is 5.57. The molecule has 2 heterocycles. The number of aryl methyl sites for hydroxylation is 2. The lowest BCUT2D eigenvalue weighted by molar-refractivity contribution is -0.619. The van der Waals surface area contributed by atoms with Crippen LogP contribution >= 0.6 is 9.24 Å². The van der Waals surface area contributed by atoms with Crippen LogP contribution in [-0.4, -0.2) is 23.3 Å². The summed E-state index contributed by atoms with van der Waals surface area (Å²) < 4.78 is 44.0. The van der Waals surface area contributed by atoms with Crippen LogP contribution in [0.1, 0.15) is 65.8 Å². The molecule has 37 heavy (non-hydrogen) atoms. The van der Waals surface area contributed by atoms with E-state index in [9.17, 15) is 23.2 Å². The van der Waals surface area contributed by atoms with Crippen molar-refractivity contribution in [2.45, 2.75) is 64.8 Å². The third kappa shape index (κ3) is 6.27. The van der Waals surface area contributed by atoms with Crippen molar-refractivity contribution in [1.82, 2.24) is 10.3 Å². The van der Waals surface area contributed by atoms with Crippen LogP contribution in [0.3, 0.4) is 0 Å². The number of benzene rings is 1. The van der Waals surface area contributed by atoms with Gasteiger partial charge in [-0.3, -0.25) is 4.79 Å². The second-order valence-corrected chi connectivity index (χ2v) is 10.4. The Bertz CT molecular complexity index is 1260. The number of hydrogen-bond acceptors (Lipinski definition) is 3. The average Bonchev–Trinajstić information content (AvgIpc) is 3.23. The standard InChI is InChI=1S/C27H31F3N3O3P/c1-15-12-20(13-16(2)33(15)35)19-10-8-18(9-11-19)17(3)31-26(34)22-14-24(37)32-25(22)21-6-4-5-7-23(21)36-27(28,29)30/h4-7,12-14,17-19,32H,8-11,37H2,1-3H3,(H,31,34). The van der Waals surface area contributed by atoms with Crippen LogP contribution in [0.2, 0.25) is 0 Å². The van der Waals surface area contributed by atoms with Gasteiger partial charge in [0.1, 0.15) is 5.75 Å². The molecule has 6 nitrogen and oxygen atoms in total. The Morgan fingerprint density at radius 2 is 1.76 bits per heavy atom. The highest BCUT2D eigenvalue weighted by atomic mass is 31.0. The summed E-state index contributed by atoms with van der Waals surface area (Å²) in [4.78, 5) is 16.2. The molecule has 198 valence electrons. The summed E-state index contributed by atoms with van der Waals surface area (Å²) in [7, 11) is 2.44. The van der Waals surface area contributed by atoms with Crippen LogP contribution in [0.15, 0.2) is 42.5 Å². The van der Waals surface area contributed by atoms with Gasteiger partial charge in [-0.25, -0.2) is 0 Å². The van der Waals surface area contributed by atoms with E-state index >= 15 is 0 Å². The molecule has 1 fully saturated rings. The van der Waals surface area contributed by atoms with Gasteiger partial charge in [-0.15, -0.1) is 13.2 Å². The van der Waals surface area contributed by atoms with Crippen molar-refractivity contribution in [1.29, 1.82) is 0 Å². The molecule has 0 bridgehead atoms. The maximum absolute atomic E-state index is 13.3. The number of alkyl halides is 3. The number of H-pyrrole nitrogens is 1. The maximum Gasteiger partial charge on any atom is 0.573 e. The monoisotopic (exact) mass is 533 g/mol. The van der Waals surface area contributed by atoms with Crippen molar-refractivity contribution >= 4 is 20.6 Å². The lowest BCUT2D eigenvalue weighted by Crippen LogP contribution is -2.39. The number of pyridine rings is 1. The zero-order valence-corrected chi connectivity index (χ0v) is 22.1. The average molecular weight is 534 g/mol. The van der Waals surface area contributed by atoms with Crippen LogP contribution in [0.25, 0.3) is 11.3 Å². The summed E-state index contributed by atoms with van der Waals surface area (Å²) in [6, 6.07) is 11.2. The number of hydrogen-bond donors (Lipinski definition) is 2. The van der Waals surface area contributed by atoms with Gasteiger partial charge in [0.2, 0.25) is 0 Å². The molecule has 1 aliphatic rings. The fourth-order valence-electron chi connectivity index (χ4n) is 5.26. The van der Waals surface area contributed by atoms with Gasteiger partial charge < -0.3 is 20.2 Å². The molecule has 2 unspecified atom stereocenters. The summed E-state index contributed by atoms with van der Waals surface area (Å²) >= 11 is 0. The molecule has 0 radical (unpaired) electrons. The van der Waals surface area contributed by atoms with Crippen LogP contribution in [0.4, 0.5) is 13.2 Å². The predicted octanol–water partition coefficient (Wildman–Crippen LogP) is 5.42.